The number of rotatable bonds is 7. The predicted octanol–water partition coefficient (Wildman–Crippen LogP) is 8.08. The summed E-state index contributed by atoms with van der Waals surface area (Å²) < 4.78 is 11.4. The molecule has 0 fully saturated rings. The molecular weight excluding hydrogens is 526 g/mol. The average Bonchev–Trinajstić information content (AvgIpc) is 3.55. The van der Waals surface area contributed by atoms with Crippen LogP contribution in [0.2, 0.25) is 0 Å². The highest BCUT2D eigenvalue weighted by molar-refractivity contribution is 7.16. The van der Waals surface area contributed by atoms with Crippen molar-refractivity contribution in [3.8, 4) is 17.1 Å². The van der Waals surface area contributed by atoms with Gasteiger partial charge in [-0.15, -0.1) is 11.3 Å². The first-order valence-electron chi connectivity index (χ1n) is 13.1. The van der Waals surface area contributed by atoms with Crippen molar-refractivity contribution in [1.82, 2.24) is 0 Å². The summed E-state index contributed by atoms with van der Waals surface area (Å²) in [4.78, 5) is 30.2. The van der Waals surface area contributed by atoms with E-state index in [0.717, 1.165) is 30.5 Å². The molecular formula is C31H31N3O5S. The van der Waals surface area contributed by atoms with E-state index in [1.165, 1.54) is 24.1 Å². The lowest BCUT2D eigenvalue weighted by Crippen LogP contribution is -2.27. The third-order valence-corrected chi connectivity index (χ3v) is 8.49. The van der Waals surface area contributed by atoms with E-state index in [1.54, 1.807) is 35.8 Å². The number of methoxy groups -OCH3 is 1. The minimum atomic E-state index is -0.470. The number of hydrogen-bond acceptors (Lipinski definition) is 7. The second-order valence-corrected chi connectivity index (χ2v) is 12.0. The molecule has 1 aliphatic rings. The van der Waals surface area contributed by atoms with Crippen molar-refractivity contribution in [2.75, 3.05) is 12.4 Å². The molecule has 1 aliphatic carbocycles. The topological polar surface area (TPSA) is 107 Å². The second-order valence-electron chi connectivity index (χ2n) is 10.9. The minimum Gasteiger partial charge on any atom is -0.496 e. The van der Waals surface area contributed by atoms with Crippen molar-refractivity contribution < 1.29 is 18.9 Å². The number of ether oxygens (including phenoxy) is 1. The van der Waals surface area contributed by atoms with Crippen LogP contribution in [0.25, 0.3) is 11.3 Å². The molecule has 1 atom stereocenters. The highest BCUT2D eigenvalue weighted by Crippen LogP contribution is 2.45. The van der Waals surface area contributed by atoms with Gasteiger partial charge in [0, 0.05) is 16.6 Å². The molecule has 9 heteroatoms. The molecule has 1 N–H and O–H groups in total. The highest BCUT2D eigenvalue weighted by atomic mass is 32.1. The van der Waals surface area contributed by atoms with Gasteiger partial charge in [0.05, 0.1) is 35.4 Å². The number of thiophene rings is 1. The number of fused-ring (bicyclic) bond motifs is 1. The lowest BCUT2D eigenvalue weighted by atomic mass is 9.72. The summed E-state index contributed by atoms with van der Waals surface area (Å²) >= 11 is 1.57. The van der Waals surface area contributed by atoms with Crippen LogP contribution in [0.3, 0.4) is 0 Å². The number of nitro groups is 1. The number of non-ortho nitro benzene ring substituents is 1. The van der Waals surface area contributed by atoms with Crippen LogP contribution in [0.15, 0.2) is 70.1 Å². The molecule has 206 valence electrons. The highest BCUT2D eigenvalue weighted by Gasteiger charge is 2.33. The zero-order valence-electron chi connectivity index (χ0n) is 22.9. The monoisotopic (exact) mass is 557 g/mol. The van der Waals surface area contributed by atoms with E-state index >= 15 is 0 Å². The van der Waals surface area contributed by atoms with Crippen LogP contribution in [0.4, 0.5) is 16.4 Å². The van der Waals surface area contributed by atoms with Crippen LogP contribution < -0.4 is 10.1 Å². The Kier molecular flexibility index (Phi) is 7.58. The van der Waals surface area contributed by atoms with Gasteiger partial charge in [0.1, 0.15) is 22.3 Å². The molecule has 2 aromatic heterocycles. The van der Waals surface area contributed by atoms with E-state index in [4.69, 9.17) is 14.1 Å². The molecule has 0 bridgehead atoms. The van der Waals surface area contributed by atoms with Gasteiger partial charge in [-0.1, -0.05) is 39.0 Å². The summed E-state index contributed by atoms with van der Waals surface area (Å²) in [5.41, 5.74) is 3.15. The van der Waals surface area contributed by atoms with Crippen LogP contribution in [0.5, 0.6) is 5.75 Å². The quantitative estimate of drug-likeness (QED) is 0.140. The lowest BCUT2D eigenvalue weighted by molar-refractivity contribution is -0.384. The maximum atomic E-state index is 13.5. The van der Waals surface area contributed by atoms with Crippen molar-refractivity contribution in [3.63, 3.8) is 0 Å². The molecule has 1 amide bonds. The fourth-order valence-corrected chi connectivity index (χ4v) is 6.31. The first-order valence-corrected chi connectivity index (χ1v) is 13.9. The number of nitrogens with one attached hydrogen (secondary N) is 1. The van der Waals surface area contributed by atoms with Crippen molar-refractivity contribution in [2.24, 2.45) is 16.3 Å². The zero-order valence-corrected chi connectivity index (χ0v) is 23.7. The Balaban J connectivity index is 1.46. The molecule has 0 saturated carbocycles. The minimum absolute atomic E-state index is 0.0642. The van der Waals surface area contributed by atoms with Crippen molar-refractivity contribution >= 4 is 39.8 Å². The van der Waals surface area contributed by atoms with E-state index in [1.807, 2.05) is 30.3 Å². The number of para-hydroxylation sites is 1. The van der Waals surface area contributed by atoms with Crippen molar-refractivity contribution in [1.29, 1.82) is 0 Å². The average molecular weight is 558 g/mol. The fourth-order valence-electron chi connectivity index (χ4n) is 5.04. The number of furan rings is 1. The molecule has 0 radical (unpaired) electrons. The Labute approximate surface area is 236 Å². The molecule has 4 aromatic rings. The molecule has 8 nitrogen and oxygen atoms in total. The van der Waals surface area contributed by atoms with E-state index in [9.17, 15) is 14.9 Å². The smallest absolute Gasteiger partial charge is 0.273 e. The van der Waals surface area contributed by atoms with Gasteiger partial charge in [-0.3, -0.25) is 14.9 Å². The standard InChI is InChI=1S/C31H31N3O5S/c1-31(2,3)19-10-13-24-27(16-19)40-30(28(24)29(35)33-20-8-6-5-7-9-20)32-18-22-12-15-25(39-22)23-14-11-21(34(36)37)17-26(23)38-4/h5-9,11-12,14-15,17-19H,10,13,16H2,1-4H3,(H,33,35)/t19-/m1/s1. The number of benzene rings is 2. The predicted molar refractivity (Wildman–Crippen MR) is 158 cm³/mol. The largest absolute Gasteiger partial charge is 0.496 e. The number of anilines is 1. The van der Waals surface area contributed by atoms with Crippen LogP contribution in [-0.2, 0) is 12.8 Å². The SMILES string of the molecule is COc1cc([N+](=O)[O-])ccc1-c1ccc(C=Nc2sc3c(c2C(=O)Nc2ccccc2)CC[C@@H](C(C)(C)C)C3)o1. The summed E-state index contributed by atoms with van der Waals surface area (Å²) in [6.07, 6.45) is 4.40. The Bertz CT molecular complexity index is 1580. The van der Waals surface area contributed by atoms with Gasteiger partial charge in [-0.25, -0.2) is 4.99 Å². The number of carbonyl (C=O) groups excluding carboxylic acids is 1. The molecule has 0 unspecified atom stereocenters. The molecule has 0 saturated heterocycles. The van der Waals surface area contributed by atoms with Gasteiger partial charge in [-0.05, 0) is 66.5 Å². The summed E-state index contributed by atoms with van der Waals surface area (Å²) in [5.74, 6) is 1.69. The van der Waals surface area contributed by atoms with Gasteiger partial charge < -0.3 is 14.5 Å². The van der Waals surface area contributed by atoms with Gasteiger partial charge in [0.15, 0.2) is 0 Å². The summed E-state index contributed by atoms with van der Waals surface area (Å²) in [5, 5.41) is 14.8. The number of hydrogen-bond donors (Lipinski definition) is 1. The van der Waals surface area contributed by atoms with Gasteiger partial charge in [0.2, 0.25) is 0 Å². The normalized spacial score (nSPS) is 15.2. The Hall–Kier alpha value is -4.24. The summed E-state index contributed by atoms with van der Waals surface area (Å²) in [6, 6.07) is 17.3. The Morgan fingerprint density at radius 2 is 1.95 bits per heavy atom. The number of amides is 1. The van der Waals surface area contributed by atoms with Gasteiger partial charge in [0.25, 0.3) is 11.6 Å². The summed E-state index contributed by atoms with van der Waals surface area (Å²) in [6.45, 7) is 6.81. The first kappa shape index (κ1) is 27.3. The maximum Gasteiger partial charge on any atom is 0.273 e. The third-order valence-electron chi connectivity index (χ3n) is 7.33. The van der Waals surface area contributed by atoms with E-state index in [-0.39, 0.29) is 17.0 Å². The molecule has 2 heterocycles. The molecule has 5 rings (SSSR count). The molecule has 0 spiro atoms. The van der Waals surface area contributed by atoms with E-state index < -0.39 is 4.92 Å². The number of nitrogens with zero attached hydrogens (tertiary/aromatic N) is 2. The molecule has 0 aliphatic heterocycles. The van der Waals surface area contributed by atoms with Gasteiger partial charge >= 0.3 is 0 Å². The Morgan fingerprint density at radius 1 is 1.18 bits per heavy atom. The number of carbonyl (C=O) groups is 1. The lowest BCUT2D eigenvalue weighted by Gasteiger charge is -2.33. The van der Waals surface area contributed by atoms with Gasteiger partial charge in [-0.2, -0.15) is 0 Å². The number of aliphatic imine (C=N–C) groups is 1. The molecule has 2 aromatic carbocycles. The van der Waals surface area contributed by atoms with Crippen LogP contribution in [0.1, 0.15) is 53.8 Å². The van der Waals surface area contributed by atoms with E-state index in [2.05, 4.69) is 26.1 Å². The zero-order chi connectivity index (χ0) is 28.4. The van der Waals surface area contributed by atoms with E-state index in [0.29, 0.717) is 39.3 Å². The first-order chi connectivity index (χ1) is 19.1. The van der Waals surface area contributed by atoms with Crippen LogP contribution in [0, 0.1) is 21.4 Å². The maximum absolute atomic E-state index is 13.5. The summed E-state index contributed by atoms with van der Waals surface area (Å²) in [7, 11) is 1.46. The third kappa shape index (κ3) is 5.70. The van der Waals surface area contributed by atoms with Crippen molar-refractivity contribution in [3.05, 3.63) is 92.5 Å². The molecule has 40 heavy (non-hydrogen) atoms. The Morgan fingerprint density at radius 3 is 2.65 bits per heavy atom. The number of nitro benzene ring substituents is 1. The fraction of sp³-hybridized carbons (Fsp3) is 0.290. The van der Waals surface area contributed by atoms with Crippen molar-refractivity contribution in [2.45, 2.75) is 40.0 Å². The van der Waals surface area contributed by atoms with Crippen LogP contribution >= 0.6 is 11.3 Å². The van der Waals surface area contributed by atoms with Crippen LogP contribution in [-0.4, -0.2) is 24.2 Å². The second kappa shape index (κ2) is 11.1.